The van der Waals surface area contributed by atoms with Gasteiger partial charge in [-0.3, -0.25) is 0 Å². The zero-order valence-electron chi connectivity index (χ0n) is 10.4. The molecule has 0 saturated heterocycles. The Kier molecular flexibility index (Phi) is 5.14. The van der Waals surface area contributed by atoms with Crippen molar-refractivity contribution in [2.45, 2.75) is 13.8 Å². The van der Waals surface area contributed by atoms with Crippen molar-refractivity contribution < 1.29 is 4.39 Å². The van der Waals surface area contributed by atoms with Crippen LogP contribution in [-0.4, -0.2) is 12.0 Å². The Morgan fingerprint density at radius 1 is 1.06 bits per heavy atom. The number of hydrogen-bond acceptors (Lipinski definition) is 2. The summed E-state index contributed by atoms with van der Waals surface area (Å²) in [5, 5.41) is 3.05. The lowest BCUT2D eigenvalue weighted by atomic mass is 10.1. The minimum Gasteiger partial charge on any atom is -0.388 e. The van der Waals surface area contributed by atoms with Gasteiger partial charge >= 0.3 is 0 Å². The smallest absolute Gasteiger partial charge is 0.212 e. The summed E-state index contributed by atoms with van der Waals surface area (Å²) in [4.78, 5) is 3.62. The van der Waals surface area contributed by atoms with E-state index in [4.69, 9.17) is 0 Å². The maximum atomic E-state index is 12.6. The highest BCUT2D eigenvalue weighted by Gasteiger charge is 1.99. The molecule has 2 rings (SSSR count). The molecule has 0 unspecified atom stereocenters. The lowest BCUT2D eigenvalue weighted by Gasteiger charge is -2.04. The average Bonchev–Trinajstić information content (AvgIpc) is 2.42. The van der Waals surface area contributed by atoms with E-state index in [-0.39, 0.29) is 0 Å². The third-order valence-electron chi connectivity index (χ3n) is 2.21. The molecule has 90 valence electrons. The summed E-state index contributed by atoms with van der Waals surface area (Å²) >= 11 is 0. The summed E-state index contributed by atoms with van der Waals surface area (Å²) < 4.78 is 12.6. The quantitative estimate of drug-likeness (QED) is 0.793. The molecule has 0 spiro atoms. The molecule has 3 heteroatoms. The molecule has 1 aromatic heterocycles. The minimum atomic E-state index is -0.455. The molecule has 1 heterocycles. The van der Waals surface area contributed by atoms with Gasteiger partial charge < -0.3 is 5.32 Å². The largest absolute Gasteiger partial charge is 0.388 e. The number of rotatable bonds is 2. The Hall–Kier alpha value is -1.90. The molecule has 0 saturated carbocycles. The van der Waals surface area contributed by atoms with Crippen LogP contribution < -0.4 is 5.32 Å². The van der Waals surface area contributed by atoms with Gasteiger partial charge in [-0.2, -0.15) is 4.39 Å². The predicted octanol–water partition coefficient (Wildman–Crippen LogP) is 3.96. The summed E-state index contributed by atoms with van der Waals surface area (Å²) in [6, 6.07) is 11.0. The molecule has 0 aliphatic carbocycles. The molecule has 0 aliphatic heterocycles. The SMILES string of the molecule is CC.CNc1cccc(-c2ccc(F)nc2)c1. The summed E-state index contributed by atoms with van der Waals surface area (Å²) in [6.45, 7) is 4.00. The Labute approximate surface area is 102 Å². The number of aromatic nitrogens is 1. The summed E-state index contributed by atoms with van der Waals surface area (Å²) in [5.41, 5.74) is 2.96. The average molecular weight is 232 g/mol. The molecule has 0 bridgehead atoms. The van der Waals surface area contributed by atoms with Crippen LogP contribution in [0.1, 0.15) is 13.8 Å². The molecular weight excluding hydrogens is 215 g/mol. The van der Waals surface area contributed by atoms with Crippen LogP contribution in [0.25, 0.3) is 11.1 Å². The lowest BCUT2D eigenvalue weighted by Crippen LogP contribution is -1.88. The van der Waals surface area contributed by atoms with E-state index >= 15 is 0 Å². The molecule has 1 N–H and O–H groups in total. The number of hydrogen-bond donors (Lipinski definition) is 1. The summed E-state index contributed by atoms with van der Waals surface area (Å²) in [6.07, 6.45) is 1.53. The fourth-order valence-corrected chi connectivity index (χ4v) is 1.40. The second-order valence-electron chi connectivity index (χ2n) is 3.20. The monoisotopic (exact) mass is 232 g/mol. The molecule has 1 aromatic carbocycles. The first-order valence-electron chi connectivity index (χ1n) is 5.69. The highest BCUT2D eigenvalue weighted by atomic mass is 19.1. The van der Waals surface area contributed by atoms with Gasteiger partial charge in [0.2, 0.25) is 5.95 Å². The molecule has 2 aromatic rings. The van der Waals surface area contributed by atoms with E-state index < -0.39 is 5.95 Å². The van der Waals surface area contributed by atoms with Gasteiger partial charge in [0.25, 0.3) is 0 Å². The first kappa shape index (κ1) is 13.2. The van der Waals surface area contributed by atoms with E-state index in [1.165, 1.54) is 12.3 Å². The van der Waals surface area contributed by atoms with Crippen molar-refractivity contribution in [1.82, 2.24) is 4.98 Å². The maximum Gasteiger partial charge on any atom is 0.212 e. The topological polar surface area (TPSA) is 24.9 Å². The Morgan fingerprint density at radius 3 is 2.41 bits per heavy atom. The van der Waals surface area contributed by atoms with Crippen LogP contribution in [0.3, 0.4) is 0 Å². The zero-order chi connectivity index (χ0) is 12.7. The molecular formula is C14H17FN2. The summed E-state index contributed by atoms with van der Waals surface area (Å²) in [5.74, 6) is -0.455. The number of benzene rings is 1. The second-order valence-corrected chi connectivity index (χ2v) is 3.20. The van der Waals surface area contributed by atoms with Gasteiger partial charge in [-0.15, -0.1) is 0 Å². The first-order valence-corrected chi connectivity index (χ1v) is 5.69. The van der Waals surface area contributed by atoms with Crippen molar-refractivity contribution in [1.29, 1.82) is 0 Å². The van der Waals surface area contributed by atoms with E-state index in [0.717, 1.165) is 16.8 Å². The molecule has 17 heavy (non-hydrogen) atoms. The lowest BCUT2D eigenvalue weighted by molar-refractivity contribution is 0.584. The first-order chi connectivity index (χ1) is 8.29. The van der Waals surface area contributed by atoms with E-state index in [1.807, 2.05) is 45.2 Å². The number of nitrogens with one attached hydrogen (secondary N) is 1. The van der Waals surface area contributed by atoms with Crippen molar-refractivity contribution in [3.63, 3.8) is 0 Å². The predicted molar refractivity (Wildman–Crippen MR) is 70.5 cm³/mol. The van der Waals surface area contributed by atoms with E-state index in [2.05, 4.69) is 10.3 Å². The Bertz CT molecular complexity index is 452. The maximum absolute atomic E-state index is 12.6. The minimum absolute atomic E-state index is 0.455. The van der Waals surface area contributed by atoms with Crippen LogP contribution in [0.5, 0.6) is 0 Å². The molecule has 2 nitrogen and oxygen atoms in total. The summed E-state index contributed by atoms with van der Waals surface area (Å²) in [7, 11) is 1.86. The van der Waals surface area contributed by atoms with Crippen molar-refractivity contribution >= 4 is 5.69 Å². The molecule has 0 atom stereocenters. The van der Waals surface area contributed by atoms with Crippen molar-refractivity contribution in [3.8, 4) is 11.1 Å². The van der Waals surface area contributed by atoms with E-state index in [9.17, 15) is 4.39 Å². The van der Waals surface area contributed by atoms with Gasteiger partial charge in [0.05, 0.1) is 0 Å². The standard InChI is InChI=1S/C12H11FN2.C2H6/c1-14-11-4-2-3-9(7-11)10-5-6-12(13)15-8-10;1-2/h2-8,14H,1H3;1-2H3. The van der Waals surface area contributed by atoms with Gasteiger partial charge in [0.1, 0.15) is 0 Å². The number of nitrogens with zero attached hydrogens (tertiary/aromatic N) is 1. The molecule has 0 fully saturated rings. The van der Waals surface area contributed by atoms with E-state index in [0.29, 0.717) is 0 Å². The normalized spacial score (nSPS) is 9.18. The van der Waals surface area contributed by atoms with Gasteiger partial charge in [-0.25, -0.2) is 4.98 Å². The van der Waals surface area contributed by atoms with E-state index in [1.54, 1.807) is 6.07 Å². The number of anilines is 1. The highest BCUT2D eigenvalue weighted by molar-refractivity contribution is 5.67. The van der Waals surface area contributed by atoms with Crippen molar-refractivity contribution in [3.05, 3.63) is 48.5 Å². The van der Waals surface area contributed by atoms with Gasteiger partial charge in [0.15, 0.2) is 0 Å². The zero-order valence-corrected chi connectivity index (χ0v) is 10.4. The van der Waals surface area contributed by atoms with Crippen molar-refractivity contribution in [2.75, 3.05) is 12.4 Å². The molecule has 0 radical (unpaired) electrons. The van der Waals surface area contributed by atoms with Crippen LogP contribution in [0.2, 0.25) is 0 Å². The van der Waals surface area contributed by atoms with Gasteiger partial charge in [-0.05, 0) is 29.8 Å². The fraction of sp³-hybridized carbons (Fsp3) is 0.214. The second kappa shape index (κ2) is 6.63. The Balaban J connectivity index is 0.000000686. The fourth-order valence-electron chi connectivity index (χ4n) is 1.40. The molecule has 0 aliphatic rings. The van der Waals surface area contributed by atoms with Crippen molar-refractivity contribution in [2.24, 2.45) is 0 Å². The van der Waals surface area contributed by atoms with Crippen LogP contribution >= 0.6 is 0 Å². The third-order valence-corrected chi connectivity index (χ3v) is 2.21. The third kappa shape index (κ3) is 3.55. The number of pyridine rings is 1. The van der Waals surface area contributed by atoms with Crippen LogP contribution in [0.15, 0.2) is 42.6 Å². The molecule has 0 amide bonds. The van der Waals surface area contributed by atoms with Gasteiger partial charge in [0, 0.05) is 24.5 Å². The van der Waals surface area contributed by atoms with Crippen LogP contribution in [0.4, 0.5) is 10.1 Å². The number of halogens is 1. The van der Waals surface area contributed by atoms with Crippen LogP contribution in [-0.2, 0) is 0 Å². The Morgan fingerprint density at radius 2 is 1.82 bits per heavy atom. The van der Waals surface area contributed by atoms with Crippen LogP contribution in [0, 0.1) is 5.95 Å². The van der Waals surface area contributed by atoms with Gasteiger partial charge in [-0.1, -0.05) is 26.0 Å². The highest BCUT2D eigenvalue weighted by Crippen LogP contribution is 2.21.